The van der Waals surface area contributed by atoms with Gasteiger partial charge in [0.05, 0.1) is 13.7 Å². The Bertz CT molecular complexity index is 946. The van der Waals surface area contributed by atoms with Gasteiger partial charge in [0.25, 0.3) is 5.72 Å². The highest BCUT2D eigenvalue weighted by molar-refractivity contribution is 5.97. The van der Waals surface area contributed by atoms with Gasteiger partial charge in [-0.3, -0.25) is 4.79 Å². The summed E-state index contributed by atoms with van der Waals surface area (Å²) in [5.74, 6) is -1.08. The molecule has 5 atom stereocenters. The van der Waals surface area contributed by atoms with Crippen LogP contribution >= 0.6 is 0 Å². The summed E-state index contributed by atoms with van der Waals surface area (Å²) in [5, 5.41) is 5.83. The second-order valence-corrected chi connectivity index (χ2v) is 9.17. The van der Waals surface area contributed by atoms with E-state index in [4.69, 9.17) is 33.2 Å². The van der Waals surface area contributed by atoms with Crippen LogP contribution in [0.15, 0.2) is 29.4 Å². The van der Waals surface area contributed by atoms with E-state index in [0.29, 0.717) is 11.3 Å². The molecule has 0 bridgehead atoms. The van der Waals surface area contributed by atoms with Gasteiger partial charge in [0.2, 0.25) is 11.8 Å². The van der Waals surface area contributed by atoms with Crippen molar-refractivity contribution in [1.82, 2.24) is 5.01 Å². The largest absolute Gasteiger partial charge is 0.497 e. The first-order chi connectivity index (χ1) is 15.0. The van der Waals surface area contributed by atoms with Crippen LogP contribution in [0, 0.1) is 0 Å². The van der Waals surface area contributed by atoms with Crippen LogP contribution in [0.25, 0.3) is 0 Å². The number of methoxy groups -OCH3 is 1. The number of hydrogen-bond donors (Lipinski definition) is 0. The zero-order chi connectivity index (χ0) is 22.9. The van der Waals surface area contributed by atoms with E-state index in [-0.39, 0.29) is 18.4 Å². The molecule has 0 saturated carbocycles. The zero-order valence-corrected chi connectivity index (χ0v) is 19.0. The molecule has 1 spiro atoms. The fourth-order valence-corrected chi connectivity index (χ4v) is 4.64. The first-order valence-corrected chi connectivity index (χ1v) is 10.6. The summed E-state index contributed by atoms with van der Waals surface area (Å²) in [6.07, 6.45) is -2.82. The lowest BCUT2D eigenvalue weighted by Crippen LogP contribution is -2.63. The minimum Gasteiger partial charge on any atom is -0.497 e. The van der Waals surface area contributed by atoms with Gasteiger partial charge in [-0.05, 0) is 52.0 Å². The predicted octanol–water partition coefficient (Wildman–Crippen LogP) is 1.96. The molecule has 0 aliphatic carbocycles. The third-order valence-electron chi connectivity index (χ3n) is 5.94. The third-order valence-corrected chi connectivity index (χ3v) is 5.94. The molecule has 5 rings (SSSR count). The van der Waals surface area contributed by atoms with Gasteiger partial charge >= 0.3 is 0 Å². The third kappa shape index (κ3) is 3.29. The van der Waals surface area contributed by atoms with Crippen LogP contribution in [-0.2, 0) is 33.2 Å². The van der Waals surface area contributed by atoms with Crippen molar-refractivity contribution in [2.45, 2.75) is 76.5 Å². The van der Waals surface area contributed by atoms with E-state index in [1.807, 2.05) is 26.0 Å². The fourth-order valence-electron chi connectivity index (χ4n) is 4.64. The Hall–Kier alpha value is -2.24. The molecule has 3 fully saturated rings. The van der Waals surface area contributed by atoms with Crippen molar-refractivity contribution >= 4 is 11.8 Å². The standard InChI is InChI=1S/C22H28N2O8/c1-12(25)24-22(31-18(23-24)13-7-9-14(26-6)10-8-13)16(15-11-27-20(2,3)29-15)28-19-17(22)30-21(4,5)32-19/h7-10,15-17,19H,11H2,1-6H3/t15-,16-,17+,19-,22+/m1/s1. The van der Waals surface area contributed by atoms with E-state index in [0.717, 1.165) is 0 Å². The van der Waals surface area contributed by atoms with E-state index in [1.54, 1.807) is 33.1 Å². The average Bonchev–Trinajstić information content (AvgIpc) is 3.44. The lowest BCUT2D eigenvalue weighted by atomic mass is 9.97. The number of hydrogen-bond acceptors (Lipinski definition) is 9. The molecule has 0 radical (unpaired) electrons. The summed E-state index contributed by atoms with van der Waals surface area (Å²) in [5.41, 5.74) is -0.744. The lowest BCUT2D eigenvalue weighted by molar-refractivity contribution is -0.262. The Kier molecular flexibility index (Phi) is 4.81. The minimum absolute atomic E-state index is 0.259. The SMILES string of the molecule is COc1ccc(C2=NN(C(C)=O)[C@]3(O2)[C@@H]([C@H]2COC(C)(C)O2)O[C@@H]2OC(C)(C)O[C@@H]23)cc1. The van der Waals surface area contributed by atoms with E-state index < -0.39 is 41.9 Å². The van der Waals surface area contributed by atoms with Gasteiger partial charge in [-0.2, -0.15) is 5.01 Å². The number of hydrazone groups is 1. The van der Waals surface area contributed by atoms with Crippen LogP contribution in [0.1, 0.15) is 40.2 Å². The first-order valence-electron chi connectivity index (χ1n) is 10.6. The summed E-state index contributed by atoms with van der Waals surface area (Å²) >= 11 is 0. The van der Waals surface area contributed by atoms with Gasteiger partial charge in [0, 0.05) is 12.5 Å². The van der Waals surface area contributed by atoms with E-state index in [9.17, 15) is 4.79 Å². The van der Waals surface area contributed by atoms with E-state index >= 15 is 0 Å². The molecule has 10 nitrogen and oxygen atoms in total. The highest BCUT2D eigenvalue weighted by Gasteiger charge is 2.74. The molecule has 3 saturated heterocycles. The van der Waals surface area contributed by atoms with Gasteiger partial charge in [-0.25, -0.2) is 0 Å². The quantitative estimate of drug-likeness (QED) is 0.692. The summed E-state index contributed by atoms with van der Waals surface area (Å²) in [6.45, 7) is 8.90. The number of rotatable bonds is 3. The molecule has 10 heteroatoms. The molecule has 4 aliphatic heterocycles. The first kappa shape index (κ1) is 21.6. The van der Waals surface area contributed by atoms with Crippen LogP contribution in [0.4, 0.5) is 0 Å². The summed E-state index contributed by atoms with van der Waals surface area (Å²) < 4.78 is 42.0. The molecule has 1 amide bonds. The Morgan fingerprint density at radius 1 is 1.06 bits per heavy atom. The molecule has 0 unspecified atom stereocenters. The van der Waals surface area contributed by atoms with Crippen LogP contribution in [-0.4, -0.2) is 72.4 Å². The van der Waals surface area contributed by atoms with Gasteiger partial charge in [-0.15, -0.1) is 5.10 Å². The normalized spacial score (nSPS) is 36.8. The Morgan fingerprint density at radius 3 is 2.38 bits per heavy atom. The van der Waals surface area contributed by atoms with Gasteiger partial charge in [-0.1, -0.05) is 0 Å². The molecule has 4 heterocycles. The highest BCUT2D eigenvalue weighted by atomic mass is 16.9. The van der Waals surface area contributed by atoms with Crippen LogP contribution in [0.3, 0.4) is 0 Å². The average molecular weight is 448 g/mol. The molecule has 0 aromatic heterocycles. The maximum atomic E-state index is 12.8. The van der Waals surface area contributed by atoms with Crippen molar-refractivity contribution in [3.05, 3.63) is 29.8 Å². The Morgan fingerprint density at radius 2 is 1.78 bits per heavy atom. The molecule has 0 N–H and O–H groups in total. The summed E-state index contributed by atoms with van der Waals surface area (Å²) in [7, 11) is 1.59. The van der Waals surface area contributed by atoms with Gasteiger partial charge in [0.15, 0.2) is 30.1 Å². The van der Waals surface area contributed by atoms with E-state index in [2.05, 4.69) is 5.10 Å². The van der Waals surface area contributed by atoms with Crippen LogP contribution in [0.5, 0.6) is 5.75 Å². The van der Waals surface area contributed by atoms with Crippen LogP contribution < -0.4 is 4.74 Å². The number of ether oxygens (including phenoxy) is 7. The Labute approximate surface area is 186 Å². The van der Waals surface area contributed by atoms with Crippen LogP contribution in [0.2, 0.25) is 0 Å². The predicted molar refractivity (Wildman–Crippen MR) is 109 cm³/mol. The minimum atomic E-state index is -1.42. The second-order valence-electron chi connectivity index (χ2n) is 9.17. The number of carbonyl (C=O) groups excluding carboxylic acids is 1. The molecular weight excluding hydrogens is 420 g/mol. The molecule has 32 heavy (non-hydrogen) atoms. The maximum absolute atomic E-state index is 12.8. The fraction of sp³-hybridized carbons (Fsp3) is 0.636. The zero-order valence-electron chi connectivity index (χ0n) is 19.0. The molecular formula is C22H28N2O8. The topological polar surface area (TPSA) is 97.3 Å². The highest BCUT2D eigenvalue weighted by Crippen LogP contribution is 2.51. The number of carbonyl (C=O) groups is 1. The van der Waals surface area contributed by atoms with Crippen molar-refractivity contribution in [3.8, 4) is 5.75 Å². The van der Waals surface area contributed by atoms with Crippen molar-refractivity contribution in [2.75, 3.05) is 13.7 Å². The monoisotopic (exact) mass is 448 g/mol. The number of benzene rings is 1. The molecule has 1 aromatic rings. The smallest absolute Gasteiger partial charge is 0.266 e. The summed E-state index contributed by atoms with van der Waals surface area (Å²) in [4.78, 5) is 12.8. The lowest BCUT2D eigenvalue weighted by Gasteiger charge is -2.39. The second kappa shape index (κ2) is 7.13. The van der Waals surface area contributed by atoms with Crippen molar-refractivity contribution in [2.24, 2.45) is 5.10 Å². The van der Waals surface area contributed by atoms with Crippen molar-refractivity contribution in [3.63, 3.8) is 0 Å². The van der Waals surface area contributed by atoms with Gasteiger partial charge in [0.1, 0.15) is 11.9 Å². The molecule has 174 valence electrons. The number of amides is 1. The van der Waals surface area contributed by atoms with Crippen molar-refractivity contribution in [1.29, 1.82) is 0 Å². The number of fused-ring (bicyclic) bond motifs is 2. The van der Waals surface area contributed by atoms with E-state index in [1.165, 1.54) is 11.9 Å². The Balaban J connectivity index is 1.56. The van der Waals surface area contributed by atoms with Crippen molar-refractivity contribution < 1.29 is 38.0 Å². The molecule has 1 aromatic carbocycles. The molecule has 4 aliphatic rings. The number of nitrogens with zero attached hydrogens (tertiary/aromatic N) is 2. The van der Waals surface area contributed by atoms with Gasteiger partial charge < -0.3 is 33.2 Å². The summed E-state index contributed by atoms with van der Waals surface area (Å²) in [6, 6.07) is 7.21. The maximum Gasteiger partial charge on any atom is 0.266 e.